The molecule has 0 bridgehead atoms. The van der Waals surface area contributed by atoms with Crippen molar-refractivity contribution in [2.24, 2.45) is 5.73 Å². The first-order chi connectivity index (χ1) is 12.5. The summed E-state index contributed by atoms with van der Waals surface area (Å²) in [6.45, 7) is 0.744. The molecule has 5 N–H and O–H groups in total. The number of carbonyl (C=O) groups excluding carboxylic acids is 1. The van der Waals surface area contributed by atoms with E-state index in [4.69, 9.17) is 27.4 Å². The average molecular weight is 381 g/mol. The number of tetrazole rings is 1. The van der Waals surface area contributed by atoms with Crippen molar-refractivity contribution in [1.82, 2.24) is 25.5 Å². The fraction of sp³-hybridized carbons (Fsp3) is 0.467. The molecule has 2 rings (SSSR count). The van der Waals surface area contributed by atoms with Gasteiger partial charge in [-0.25, -0.2) is 4.68 Å². The zero-order valence-electron chi connectivity index (χ0n) is 14.3. The van der Waals surface area contributed by atoms with Crippen molar-refractivity contribution < 1.29 is 14.8 Å². The summed E-state index contributed by atoms with van der Waals surface area (Å²) in [5.41, 5.74) is 6.63. The number of hydrogen-bond donors (Lipinski definition) is 4. The zero-order valence-corrected chi connectivity index (χ0v) is 15.0. The molecule has 0 saturated carbocycles. The number of nitrogens with two attached hydrogens (primary N) is 1. The van der Waals surface area contributed by atoms with Gasteiger partial charge in [0.05, 0.1) is 12.6 Å². The molecule has 0 aliphatic rings. The molecular weight excluding hydrogens is 358 g/mol. The number of unbranched alkanes of at least 4 members (excludes halogenated alkanes) is 1. The molecule has 2 aromatic rings. The summed E-state index contributed by atoms with van der Waals surface area (Å²) < 4.78 is 1.56. The second-order valence-electron chi connectivity index (χ2n) is 5.89. The summed E-state index contributed by atoms with van der Waals surface area (Å²) in [5.74, 6) is 0.332. The normalized spacial score (nSPS) is 12.0. The Hall–Kier alpha value is -2.01. The van der Waals surface area contributed by atoms with Gasteiger partial charge in [0.15, 0.2) is 5.82 Å². The Labute approximate surface area is 156 Å². The topological polar surface area (TPSA) is 139 Å². The van der Waals surface area contributed by atoms with Crippen molar-refractivity contribution in [2.75, 3.05) is 6.54 Å². The second-order valence-corrected chi connectivity index (χ2v) is 6.33. The van der Waals surface area contributed by atoms with Crippen molar-refractivity contribution in [3.8, 4) is 0 Å². The number of rotatable bonds is 10. The lowest BCUT2D eigenvalue weighted by Crippen LogP contribution is -2.29. The van der Waals surface area contributed by atoms with Crippen LogP contribution in [0.1, 0.15) is 41.5 Å². The van der Waals surface area contributed by atoms with Crippen LogP contribution in [0.2, 0.25) is 11.3 Å². The summed E-state index contributed by atoms with van der Waals surface area (Å²) >= 11 is 5.80. The summed E-state index contributed by atoms with van der Waals surface area (Å²) in [4.78, 5) is 12.1. The fourth-order valence-corrected chi connectivity index (χ4v) is 2.56. The highest BCUT2D eigenvalue weighted by molar-refractivity contribution is 6.40. The number of hydrogen-bond acceptors (Lipinski definition) is 7. The van der Waals surface area contributed by atoms with Crippen LogP contribution in [0.4, 0.5) is 0 Å². The van der Waals surface area contributed by atoms with Crippen LogP contribution >= 0.6 is 11.6 Å². The van der Waals surface area contributed by atoms with Gasteiger partial charge in [-0.2, -0.15) is 0 Å². The molecule has 26 heavy (non-hydrogen) atoms. The van der Waals surface area contributed by atoms with Gasteiger partial charge in [0.1, 0.15) is 0 Å². The van der Waals surface area contributed by atoms with Crippen LogP contribution in [0, 0.1) is 0 Å². The van der Waals surface area contributed by atoms with Crippen LogP contribution < -0.4 is 11.1 Å². The van der Waals surface area contributed by atoms with Gasteiger partial charge in [-0.05, 0) is 47.4 Å². The third-order valence-corrected chi connectivity index (χ3v) is 4.09. The molecule has 0 aliphatic heterocycles. The number of nitrogens with one attached hydrogen (secondary N) is 1. The largest absolute Gasteiger partial charge is 0.451 e. The molecule has 140 valence electrons. The lowest BCUT2D eigenvalue weighted by atomic mass is 9.83. The van der Waals surface area contributed by atoms with E-state index in [0.29, 0.717) is 48.7 Å². The van der Waals surface area contributed by atoms with Gasteiger partial charge in [0.25, 0.3) is 5.91 Å². The van der Waals surface area contributed by atoms with E-state index in [1.54, 1.807) is 28.9 Å². The van der Waals surface area contributed by atoms with Crippen molar-refractivity contribution in [2.45, 2.75) is 38.2 Å². The van der Waals surface area contributed by atoms with Crippen LogP contribution in [-0.2, 0) is 6.54 Å². The molecule has 0 spiro atoms. The second kappa shape index (κ2) is 10.2. The molecule has 0 fully saturated rings. The minimum atomic E-state index is -1.29. The Bertz CT molecular complexity index is 697. The number of benzene rings is 1. The maximum Gasteiger partial charge on any atom is 0.451 e. The van der Waals surface area contributed by atoms with E-state index in [1.807, 2.05) is 0 Å². The van der Waals surface area contributed by atoms with Crippen LogP contribution in [0.15, 0.2) is 24.3 Å². The van der Waals surface area contributed by atoms with Gasteiger partial charge in [-0.15, -0.1) is 5.10 Å². The van der Waals surface area contributed by atoms with Crippen LogP contribution in [0.3, 0.4) is 0 Å². The SMILES string of the molecule is NC(CCCCB(O)O)c1nnnn1CCNC(=O)c1ccc(Cl)cc1. The van der Waals surface area contributed by atoms with Gasteiger partial charge in [-0.1, -0.05) is 24.4 Å². The predicted octanol–water partition coefficient (Wildman–Crippen LogP) is 0.399. The van der Waals surface area contributed by atoms with Crippen molar-refractivity contribution in [3.05, 3.63) is 40.7 Å². The summed E-state index contributed by atoms with van der Waals surface area (Å²) in [6, 6.07) is 6.27. The molecular formula is C15H22BClN6O3. The van der Waals surface area contributed by atoms with E-state index in [9.17, 15) is 4.79 Å². The lowest BCUT2D eigenvalue weighted by Gasteiger charge is -2.12. The minimum absolute atomic E-state index is 0.205. The standard InChI is InChI=1S/C15H22BClN6O3/c17-12-6-4-11(5-7-12)15(24)19-9-10-23-14(20-21-22-23)13(18)3-1-2-8-16(25)26/h4-7,13,25-26H,1-3,8-10,18H2,(H,19,24). The first kappa shape index (κ1) is 20.3. The van der Waals surface area contributed by atoms with E-state index in [2.05, 4.69) is 20.8 Å². The summed E-state index contributed by atoms with van der Waals surface area (Å²) in [6.07, 6.45) is 2.33. The highest BCUT2D eigenvalue weighted by Crippen LogP contribution is 2.15. The molecule has 9 nitrogen and oxygen atoms in total. The molecule has 1 aromatic carbocycles. The smallest absolute Gasteiger partial charge is 0.427 e. The Morgan fingerprint density at radius 2 is 2.04 bits per heavy atom. The Morgan fingerprint density at radius 3 is 2.73 bits per heavy atom. The molecule has 1 atom stereocenters. The Kier molecular flexibility index (Phi) is 7.98. The fourth-order valence-electron chi connectivity index (χ4n) is 2.44. The van der Waals surface area contributed by atoms with Gasteiger partial charge in [-0.3, -0.25) is 4.79 Å². The zero-order chi connectivity index (χ0) is 18.9. The van der Waals surface area contributed by atoms with Crippen molar-refractivity contribution in [3.63, 3.8) is 0 Å². The van der Waals surface area contributed by atoms with E-state index >= 15 is 0 Å². The average Bonchev–Trinajstić information content (AvgIpc) is 3.07. The summed E-state index contributed by atoms with van der Waals surface area (Å²) in [7, 11) is -1.29. The number of amides is 1. The Balaban J connectivity index is 1.79. The lowest BCUT2D eigenvalue weighted by molar-refractivity contribution is 0.0951. The Morgan fingerprint density at radius 1 is 1.31 bits per heavy atom. The molecule has 11 heteroatoms. The van der Waals surface area contributed by atoms with Crippen molar-refractivity contribution in [1.29, 1.82) is 0 Å². The first-order valence-electron chi connectivity index (χ1n) is 8.39. The molecule has 0 radical (unpaired) electrons. The first-order valence-corrected chi connectivity index (χ1v) is 8.76. The number of aromatic nitrogens is 4. The predicted molar refractivity (Wildman–Crippen MR) is 97.4 cm³/mol. The monoisotopic (exact) mass is 380 g/mol. The number of halogens is 1. The minimum Gasteiger partial charge on any atom is -0.427 e. The third-order valence-electron chi connectivity index (χ3n) is 3.83. The maximum atomic E-state index is 12.1. The van der Waals surface area contributed by atoms with Crippen molar-refractivity contribution >= 4 is 24.6 Å². The van der Waals surface area contributed by atoms with Gasteiger partial charge >= 0.3 is 7.12 Å². The molecule has 1 amide bonds. The number of carbonyl (C=O) groups is 1. The van der Waals surface area contributed by atoms with E-state index in [1.165, 1.54) is 0 Å². The molecule has 0 saturated heterocycles. The molecule has 0 aliphatic carbocycles. The molecule has 1 aromatic heterocycles. The van der Waals surface area contributed by atoms with Crippen LogP contribution in [0.25, 0.3) is 0 Å². The highest BCUT2D eigenvalue weighted by atomic mass is 35.5. The number of nitrogens with zero attached hydrogens (tertiary/aromatic N) is 4. The van der Waals surface area contributed by atoms with Gasteiger partial charge in [0, 0.05) is 17.1 Å². The highest BCUT2D eigenvalue weighted by Gasteiger charge is 2.15. The quantitative estimate of drug-likeness (QED) is 0.345. The summed E-state index contributed by atoms with van der Waals surface area (Å²) in [5, 5.41) is 32.5. The van der Waals surface area contributed by atoms with E-state index < -0.39 is 7.12 Å². The van der Waals surface area contributed by atoms with Gasteiger partial charge in [0.2, 0.25) is 0 Å². The molecule has 1 heterocycles. The van der Waals surface area contributed by atoms with Gasteiger partial charge < -0.3 is 21.1 Å². The van der Waals surface area contributed by atoms with E-state index in [0.717, 1.165) is 6.42 Å². The third kappa shape index (κ3) is 6.38. The van der Waals surface area contributed by atoms with Crippen LogP contribution in [0.5, 0.6) is 0 Å². The maximum absolute atomic E-state index is 12.1. The molecule has 1 unspecified atom stereocenters. The van der Waals surface area contributed by atoms with Crippen LogP contribution in [-0.4, -0.2) is 49.8 Å². The van der Waals surface area contributed by atoms with E-state index in [-0.39, 0.29) is 11.9 Å².